The third kappa shape index (κ3) is 5.70. The normalized spacial score (nSPS) is 11.9. The molecule has 0 saturated heterocycles. The van der Waals surface area contributed by atoms with Crippen molar-refractivity contribution in [3.63, 3.8) is 0 Å². The van der Waals surface area contributed by atoms with E-state index in [1.54, 1.807) is 36.4 Å². The van der Waals surface area contributed by atoms with Crippen molar-refractivity contribution >= 4 is 5.97 Å². The number of ether oxygens (including phenoxy) is 3. The van der Waals surface area contributed by atoms with Crippen molar-refractivity contribution in [2.75, 3.05) is 13.2 Å². The Morgan fingerprint density at radius 3 is 2.27 bits per heavy atom. The zero-order valence-corrected chi connectivity index (χ0v) is 13.4. The number of carbonyl (C=O) groups is 1. The van der Waals surface area contributed by atoms with Gasteiger partial charge in [-0.3, -0.25) is 0 Å². The molecule has 2 rings (SSSR count). The smallest absolute Gasteiger partial charge is 0.416 e. The SMILES string of the molecule is N#CCOC(=O)C(COc1ccc(C(F)(F)F)cc1)Oc1ccccc1. The second kappa shape index (κ2) is 8.76. The van der Waals surface area contributed by atoms with Crippen molar-refractivity contribution in [3.8, 4) is 17.6 Å². The molecule has 0 fully saturated rings. The quantitative estimate of drug-likeness (QED) is 0.702. The average molecular weight is 365 g/mol. The molecular weight excluding hydrogens is 351 g/mol. The summed E-state index contributed by atoms with van der Waals surface area (Å²) in [5.74, 6) is -0.308. The Morgan fingerprint density at radius 1 is 1.04 bits per heavy atom. The molecule has 0 bridgehead atoms. The molecule has 0 aliphatic rings. The fourth-order valence-electron chi connectivity index (χ4n) is 1.92. The summed E-state index contributed by atoms with van der Waals surface area (Å²) < 4.78 is 53.2. The first-order valence-electron chi connectivity index (χ1n) is 7.45. The highest BCUT2D eigenvalue weighted by Gasteiger charge is 2.30. The lowest BCUT2D eigenvalue weighted by Gasteiger charge is -2.18. The monoisotopic (exact) mass is 365 g/mol. The molecule has 2 aromatic carbocycles. The largest absolute Gasteiger partial charge is 0.489 e. The van der Waals surface area contributed by atoms with Gasteiger partial charge in [-0.15, -0.1) is 0 Å². The zero-order valence-electron chi connectivity index (χ0n) is 13.4. The fraction of sp³-hybridized carbons (Fsp3) is 0.222. The number of para-hydroxylation sites is 1. The number of esters is 1. The van der Waals surface area contributed by atoms with Crippen LogP contribution >= 0.6 is 0 Å². The van der Waals surface area contributed by atoms with Crippen LogP contribution in [-0.4, -0.2) is 25.3 Å². The number of alkyl halides is 3. The lowest BCUT2D eigenvalue weighted by Crippen LogP contribution is -2.35. The van der Waals surface area contributed by atoms with Gasteiger partial charge in [0.05, 0.1) is 5.56 Å². The number of nitrogens with zero attached hydrogens (tertiary/aromatic N) is 1. The Hall–Kier alpha value is -3.21. The van der Waals surface area contributed by atoms with Gasteiger partial charge in [-0.25, -0.2) is 4.79 Å². The number of rotatable bonds is 7. The van der Waals surface area contributed by atoms with Gasteiger partial charge < -0.3 is 14.2 Å². The van der Waals surface area contributed by atoms with Gasteiger partial charge in [0, 0.05) is 0 Å². The van der Waals surface area contributed by atoms with Crippen LogP contribution in [0.15, 0.2) is 54.6 Å². The van der Waals surface area contributed by atoms with E-state index in [9.17, 15) is 18.0 Å². The highest BCUT2D eigenvalue weighted by Crippen LogP contribution is 2.30. The summed E-state index contributed by atoms with van der Waals surface area (Å²) >= 11 is 0. The molecule has 0 heterocycles. The van der Waals surface area contributed by atoms with E-state index in [1.165, 1.54) is 0 Å². The molecule has 0 amide bonds. The van der Waals surface area contributed by atoms with Gasteiger partial charge in [0.15, 0.2) is 6.61 Å². The van der Waals surface area contributed by atoms with Crippen LogP contribution in [0.3, 0.4) is 0 Å². The number of hydrogen-bond acceptors (Lipinski definition) is 5. The Kier molecular flexibility index (Phi) is 6.44. The molecule has 0 aromatic heterocycles. The van der Waals surface area contributed by atoms with Crippen molar-refractivity contribution in [1.29, 1.82) is 5.26 Å². The maximum absolute atomic E-state index is 12.6. The van der Waals surface area contributed by atoms with Crippen molar-refractivity contribution in [2.24, 2.45) is 0 Å². The Balaban J connectivity index is 2.03. The van der Waals surface area contributed by atoms with Gasteiger partial charge in [0.25, 0.3) is 0 Å². The van der Waals surface area contributed by atoms with E-state index in [2.05, 4.69) is 0 Å². The van der Waals surface area contributed by atoms with Crippen molar-refractivity contribution < 1.29 is 32.2 Å². The third-order valence-electron chi connectivity index (χ3n) is 3.15. The Labute approximate surface area is 147 Å². The highest BCUT2D eigenvalue weighted by atomic mass is 19.4. The molecule has 26 heavy (non-hydrogen) atoms. The molecule has 0 radical (unpaired) electrons. The lowest BCUT2D eigenvalue weighted by molar-refractivity contribution is -0.151. The van der Waals surface area contributed by atoms with Gasteiger partial charge in [-0.1, -0.05) is 18.2 Å². The van der Waals surface area contributed by atoms with Gasteiger partial charge in [-0.2, -0.15) is 18.4 Å². The predicted molar refractivity (Wildman–Crippen MR) is 84.4 cm³/mol. The molecule has 5 nitrogen and oxygen atoms in total. The van der Waals surface area contributed by atoms with E-state index in [0.29, 0.717) is 5.75 Å². The average Bonchev–Trinajstić information content (AvgIpc) is 2.63. The van der Waals surface area contributed by atoms with E-state index in [1.807, 2.05) is 0 Å². The summed E-state index contributed by atoms with van der Waals surface area (Å²) in [5, 5.41) is 8.50. The lowest BCUT2D eigenvalue weighted by atomic mass is 10.2. The first-order chi connectivity index (χ1) is 12.4. The van der Waals surface area contributed by atoms with Crippen LogP contribution in [0.2, 0.25) is 0 Å². The molecule has 136 valence electrons. The second-order valence-corrected chi connectivity index (χ2v) is 5.02. The van der Waals surface area contributed by atoms with Gasteiger partial charge >= 0.3 is 12.1 Å². The van der Waals surface area contributed by atoms with Crippen LogP contribution in [0.5, 0.6) is 11.5 Å². The van der Waals surface area contributed by atoms with Gasteiger partial charge in [0.2, 0.25) is 6.10 Å². The number of carbonyl (C=O) groups excluding carboxylic acids is 1. The molecule has 0 aliphatic heterocycles. The summed E-state index contributed by atoms with van der Waals surface area (Å²) in [6, 6.07) is 14.1. The van der Waals surface area contributed by atoms with Crippen molar-refractivity contribution in [2.45, 2.75) is 12.3 Å². The van der Waals surface area contributed by atoms with E-state index >= 15 is 0 Å². The van der Waals surface area contributed by atoms with Crippen LogP contribution in [0, 0.1) is 11.3 Å². The van der Waals surface area contributed by atoms with Crippen LogP contribution in [0.25, 0.3) is 0 Å². The minimum Gasteiger partial charge on any atom is -0.489 e. The van der Waals surface area contributed by atoms with E-state index in [0.717, 1.165) is 24.3 Å². The summed E-state index contributed by atoms with van der Waals surface area (Å²) in [7, 11) is 0. The van der Waals surface area contributed by atoms with E-state index in [-0.39, 0.29) is 12.4 Å². The molecule has 2 aromatic rings. The van der Waals surface area contributed by atoms with Gasteiger partial charge in [-0.05, 0) is 36.4 Å². The van der Waals surface area contributed by atoms with E-state index in [4.69, 9.17) is 19.5 Å². The molecule has 1 unspecified atom stereocenters. The zero-order chi connectivity index (χ0) is 19.0. The Bertz CT molecular complexity index is 755. The summed E-state index contributed by atoms with van der Waals surface area (Å²) in [6.07, 6.45) is -5.63. The molecule has 0 saturated carbocycles. The summed E-state index contributed by atoms with van der Waals surface area (Å²) in [5.41, 5.74) is -0.810. The van der Waals surface area contributed by atoms with Crippen molar-refractivity contribution in [1.82, 2.24) is 0 Å². The van der Waals surface area contributed by atoms with Crippen LogP contribution in [0.4, 0.5) is 13.2 Å². The molecule has 0 aliphatic carbocycles. The van der Waals surface area contributed by atoms with Crippen LogP contribution in [0.1, 0.15) is 5.56 Å². The number of halogens is 3. The number of nitriles is 1. The van der Waals surface area contributed by atoms with Crippen molar-refractivity contribution in [3.05, 3.63) is 60.2 Å². The standard InChI is InChI=1S/C18H14F3NO4/c19-18(20,21)13-6-8-14(9-7-13)25-12-16(17(23)24-11-10-22)26-15-4-2-1-3-5-15/h1-9,16H,11-12H2. The topological polar surface area (TPSA) is 68.5 Å². The minimum absolute atomic E-state index is 0.132. The molecular formula is C18H14F3NO4. The molecule has 1 atom stereocenters. The first kappa shape index (κ1) is 19.1. The van der Waals surface area contributed by atoms with Crippen LogP contribution < -0.4 is 9.47 Å². The first-order valence-corrected chi connectivity index (χ1v) is 7.45. The maximum Gasteiger partial charge on any atom is 0.416 e. The number of hydrogen-bond donors (Lipinski definition) is 0. The maximum atomic E-state index is 12.6. The second-order valence-electron chi connectivity index (χ2n) is 5.02. The number of benzene rings is 2. The summed E-state index contributed by atoms with van der Waals surface area (Å²) in [4.78, 5) is 12.0. The van der Waals surface area contributed by atoms with Gasteiger partial charge in [0.1, 0.15) is 24.2 Å². The van der Waals surface area contributed by atoms with Crippen LogP contribution in [-0.2, 0) is 15.7 Å². The molecule has 0 spiro atoms. The third-order valence-corrected chi connectivity index (χ3v) is 3.15. The molecule has 0 N–H and O–H groups in total. The predicted octanol–water partition coefficient (Wildman–Crippen LogP) is 3.60. The Morgan fingerprint density at radius 2 is 1.69 bits per heavy atom. The fourth-order valence-corrected chi connectivity index (χ4v) is 1.92. The van der Waals surface area contributed by atoms with E-state index < -0.39 is 30.4 Å². The summed E-state index contributed by atoms with van der Waals surface area (Å²) in [6.45, 7) is -0.752. The minimum atomic E-state index is -4.45. The highest BCUT2D eigenvalue weighted by molar-refractivity contribution is 5.75. The molecule has 8 heteroatoms.